The number of benzene rings is 2. The van der Waals surface area contributed by atoms with Crippen LogP contribution in [0.5, 0.6) is 0 Å². The molecular weight excluding hydrogens is 330 g/mol. The molecule has 0 saturated heterocycles. The van der Waals surface area contributed by atoms with Gasteiger partial charge in [-0.3, -0.25) is 0 Å². The molecule has 2 aliphatic heterocycles. The number of hydrogen-bond donors (Lipinski definition) is 0. The summed E-state index contributed by atoms with van der Waals surface area (Å²) in [6, 6.07) is 23.5. The van der Waals surface area contributed by atoms with Crippen molar-refractivity contribution in [3.8, 4) is 0 Å². The molecule has 3 aromatic rings. The zero-order chi connectivity index (χ0) is 18.6. The topological polar surface area (TPSA) is 19.4 Å². The molecule has 5 rings (SSSR count). The fourth-order valence-electron chi connectivity index (χ4n) is 4.87. The quantitative estimate of drug-likeness (QED) is 0.526. The van der Waals surface area contributed by atoms with Crippen LogP contribution in [0, 0.1) is 5.41 Å². The lowest BCUT2D eigenvalue weighted by molar-refractivity contribution is 0.248. The Morgan fingerprint density at radius 2 is 1.59 bits per heavy atom. The second-order valence-electron chi connectivity index (χ2n) is 7.89. The van der Waals surface area contributed by atoms with Gasteiger partial charge in [0.1, 0.15) is 6.17 Å². The summed E-state index contributed by atoms with van der Waals surface area (Å²) in [5.41, 5.74) is 4.83. The van der Waals surface area contributed by atoms with E-state index in [9.17, 15) is 0 Å². The minimum Gasteiger partial charge on any atom is -0.316 e. The first kappa shape index (κ1) is 16.1. The van der Waals surface area contributed by atoms with E-state index in [0.29, 0.717) is 0 Å². The van der Waals surface area contributed by atoms with E-state index in [1.165, 1.54) is 16.9 Å². The Hall–Kier alpha value is -3.07. The number of allylic oxidation sites excluding steroid dienone is 1. The molecule has 134 valence electrons. The molecule has 3 nitrogen and oxygen atoms in total. The highest BCUT2D eigenvalue weighted by molar-refractivity contribution is 5.88. The first-order chi connectivity index (χ1) is 13.1. The predicted molar refractivity (Wildman–Crippen MR) is 112 cm³/mol. The molecule has 2 unspecified atom stereocenters. The maximum Gasteiger partial charge on any atom is 0.158 e. The molecule has 1 aromatic heterocycles. The zero-order valence-electron chi connectivity index (χ0n) is 15.7. The molecular formula is C24H23N3. The Kier molecular flexibility index (Phi) is 3.41. The van der Waals surface area contributed by atoms with Gasteiger partial charge in [-0.15, -0.1) is 6.58 Å². The molecule has 0 bridgehead atoms. The van der Waals surface area contributed by atoms with E-state index in [2.05, 4.69) is 97.0 Å². The standard InChI is InChI=1S/C24H23N3/c1-4-19-18-13-8-9-14-20(18)27-22-21(15-10-16-25-22)26(23(27)24(19,2)3)17-11-6-5-7-12-17/h4-16,19,23H,1H2,2-3H3. The van der Waals surface area contributed by atoms with Crippen LogP contribution in [0.1, 0.15) is 25.3 Å². The average Bonchev–Trinajstić information content (AvgIpc) is 3.05. The van der Waals surface area contributed by atoms with Gasteiger partial charge < -0.3 is 9.80 Å². The number of hydrogen-bond acceptors (Lipinski definition) is 3. The van der Waals surface area contributed by atoms with E-state index in [4.69, 9.17) is 4.98 Å². The molecule has 0 N–H and O–H groups in total. The second-order valence-corrected chi connectivity index (χ2v) is 7.89. The number of rotatable bonds is 2. The number of anilines is 4. The van der Waals surface area contributed by atoms with Crippen molar-refractivity contribution in [3.63, 3.8) is 0 Å². The van der Waals surface area contributed by atoms with Gasteiger partial charge >= 0.3 is 0 Å². The van der Waals surface area contributed by atoms with Gasteiger partial charge in [-0.25, -0.2) is 4.98 Å². The van der Waals surface area contributed by atoms with Crippen molar-refractivity contribution in [3.05, 3.63) is 91.1 Å². The van der Waals surface area contributed by atoms with Crippen molar-refractivity contribution in [2.45, 2.75) is 25.9 Å². The third-order valence-corrected chi connectivity index (χ3v) is 6.01. The summed E-state index contributed by atoms with van der Waals surface area (Å²) >= 11 is 0. The van der Waals surface area contributed by atoms with E-state index in [1.54, 1.807) is 0 Å². The Balaban J connectivity index is 1.82. The van der Waals surface area contributed by atoms with Crippen molar-refractivity contribution < 1.29 is 0 Å². The first-order valence-corrected chi connectivity index (χ1v) is 9.44. The number of pyridine rings is 1. The van der Waals surface area contributed by atoms with Crippen LogP contribution in [0.3, 0.4) is 0 Å². The summed E-state index contributed by atoms with van der Waals surface area (Å²) in [7, 11) is 0. The van der Waals surface area contributed by atoms with Crippen LogP contribution in [0.15, 0.2) is 85.6 Å². The SMILES string of the molecule is C=CC1c2ccccc2N2c3ncccc3N(c3ccccc3)C2C1(C)C. The zero-order valence-corrected chi connectivity index (χ0v) is 15.7. The minimum absolute atomic E-state index is 0.0629. The molecule has 0 radical (unpaired) electrons. The van der Waals surface area contributed by atoms with Gasteiger partial charge in [0.25, 0.3) is 0 Å². The average molecular weight is 353 g/mol. The van der Waals surface area contributed by atoms with E-state index in [-0.39, 0.29) is 17.5 Å². The van der Waals surface area contributed by atoms with Gasteiger partial charge in [0, 0.05) is 28.9 Å². The third-order valence-electron chi connectivity index (χ3n) is 6.01. The molecule has 0 amide bonds. The maximum atomic E-state index is 4.79. The summed E-state index contributed by atoms with van der Waals surface area (Å²) in [6.45, 7) is 8.87. The molecule has 0 saturated carbocycles. The van der Waals surface area contributed by atoms with Gasteiger partial charge in [0.15, 0.2) is 5.82 Å². The van der Waals surface area contributed by atoms with Gasteiger partial charge in [-0.2, -0.15) is 0 Å². The molecule has 2 aromatic carbocycles. The molecule has 3 heterocycles. The smallest absolute Gasteiger partial charge is 0.158 e. The Morgan fingerprint density at radius 1 is 0.889 bits per heavy atom. The van der Waals surface area contributed by atoms with Crippen LogP contribution in [-0.2, 0) is 0 Å². The van der Waals surface area contributed by atoms with E-state index >= 15 is 0 Å². The molecule has 3 heteroatoms. The summed E-state index contributed by atoms with van der Waals surface area (Å²) < 4.78 is 0. The lowest BCUT2D eigenvalue weighted by Crippen LogP contribution is -2.54. The largest absolute Gasteiger partial charge is 0.316 e. The predicted octanol–water partition coefficient (Wildman–Crippen LogP) is 6.01. The molecule has 0 aliphatic carbocycles. The highest BCUT2D eigenvalue weighted by Crippen LogP contribution is 2.59. The second kappa shape index (κ2) is 5.71. The van der Waals surface area contributed by atoms with E-state index in [0.717, 1.165) is 11.5 Å². The summed E-state index contributed by atoms with van der Waals surface area (Å²) in [5.74, 6) is 1.28. The maximum absolute atomic E-state index is 4.79. The fraction of sp³-hybridized carbons (Fsp3) is 0.208. The van der Waals surface area contributed by atoms with Crippen molar-refractivity contribution >= 4 is 22.9 Å². The van der Waals surface area contributed by atoms with E-state index < -0.39 is 0 Å². The van der Waals surface area contributed by atoms with Crippen LogP contribution in [0.25, 0.3) is 0 Å². The number of nitrogens with zero attached hydrogens (tertiary/aromatic N) is 3. The highest BCUT2D eigenvalue weighted by Gasteiger charge is 2.53. The van der Waals surface area contributed by atoms with Crippen LogP contribution in [0.2, 0.25) is 0 Å². The normalized spacial score (nSPS) is 22.0. The lowest BCUT2D eigenvalue weighted by Gasteiger charge is -2.51. The minimum atomic E-state index is -0.0629. The van der Waals surface area contributed by atoms with Gasteiger partial charge in [-0.1, -0.05) is 56.3 Å². The van der Waals surface area contributed by atoms with Crippen LogP contribution < -0.4 is 9.80 Å². The molecule has 0 spiro atoms. The first-order valence-electron chi connectivity index (χ1n) is 9.44. The van der Waals surface area contributed by atoms with Gasteiger partial charge in [-0.05, 0) is 35.9 Å². The third kappa shape index (κ3) is 2.11. The van der Waals surface area contributed by atoms with E-state index in [1.807, 2.05) is 12.3 Å². The van der Waals surface area contributed by atoms with Crippen molar-refractivity contribution in [2.24, 2.45) is 5.41 Å². The summed E-state index contributed by atoms with van der Waals surface area (Å²) in [5, 5.41) is 0. The van der Waals surface area contributed by atoms with Crippen LogP contribution in [0.4, 0.5) is 22.9 Å². The number of para-hydroxylation sites is 2. The van der Waals surface area contributed by atoms with Gasteiger partial charge in [0.2, 0.25) is 0 Å². The van der Waals surface area contributed by atoms with Crippen molar-refractivity contribution in [1.82, 2.24) is 4.98 Å². The van der Waals surface area contributed by atoms with Crippen LogP contribution in [-0.4, -0.2) is 11.1 Å². The molecule has 27 heavy (non-hydrogen) atoms. The van der Waals surface area contributed by atoms with Gasteiger partial charge in [0.05, 0.1) is 5.69 Å². The Labute approximate surface area is 160 Å². The molecule has 0 fully saturated rings. The fourth-order valence-corrected chi connectivity index (χ4v) is 4.87. The lowest BCUT2D eigenvalue weighted by atomic mass is 9.69. The summed E-state index contributed by atoms with van der Waals surface area (Å²) in [4.78, 5) is 9.65. The Bertz CT molecular complexity index is 1010. The van der Waals surface area contributed by atoms with Crippen LogP contribution >= 0.6 is 0 Å². The Morgan fingerprint density at radius 3 is 2.37 bits per heavy atom. The summed E-state index contributed by atoms with van der Waals surface area (Å²) in [6.07, 6.45) is 4.12. The van der Waals surface area contributed by atoms with Crippen molar-refractivity contribution in [1.29, 1.82) is 0 Å². The monoisotopic (exact) mass is 353 g/mol. The highest BCUT2D eigenvalue weighted by atomic mass is 15.5. The van der Waals surface area contributed by atoms with Crippen molar-refractivity contribution in [2.75, 3.05) is 9.80 Å². The molecule has 2 aliphatic rings. The molecule has 2 atom stereocenters. The number of aromatic nitrogens is 1. The number of fused-ring (bicyclic) bond motifs is 5.